The summed E-state index contributed by atoms with van der Waals surface area (Å²) in [5.41, 5.74) is 1.05. The Kier molecular flexibility index (Phi) is 6.42. The van der Waals surface area contributed by atoms with E-state index in [9.17, 15) is 9.59 Å². The van der Waals surface area contributed by atoms with Gasteiger partial charge in [-0.25, -0.2) is 0 Å². The molecule has 25 heavy (non-hydrogen) atoms. The number of hydrogen-bond donors (Lipinski definition) is 2. The normalized spacial score (nSPS) is 11.7. The van der Waals surface area contributed by atoms with Gasteiger partial charge in [0.1, 0.15) is 11.8 Å². The fourth-order valence-electron chi connectivity index (χ4n) is 2.29. The molecule has 0 spiro atoms. The summed E-state index contributed by atoms with van der Waals surface area (Å²) in [6, 6.07) is 12.9. The van der Waals surface area contributed by atoms with Crippen LogP contribution >= 0.6 is 11.6 Å². The highest BCUT2D eigenvalue weighted by Crippen LogP contribution is 2.16. The van der Waals surface area contributed by atoms with Gasteiger partial charge in [0.2, 0.25) is 5.91 Å². The van der Waals surface area contributed by atoms with Crippen LogP contribution in [0.3, 0.4) is 0 Å². The first-order valence-electron chi connectivity index (χ1n) is 7.92. The zero-order valence-corrected chi connectivity index (χ0v) is 15.1. The van der Waals surface area contributed by atoms with Gasteiger partial charge in [-0.1, -0.05) is 31.5 Å². The second-order valence-electron chi connectivity index (χ2n) is 5.92. The minimum Gasteiger partial charge on any atom is -0.497 e. The Morgan fingerprint density at radius 3 is 2.32 bits per heavy atom. The lowest BCUT2D eigenvalue weighted by atomic mass is 10.0. The van der Waals surface area contributed by atoms with Gasteiger partial charge in [0, 0.05) is 16.3 Å². The number of carbonyl (C=O) groups is 2. The van der Waals surface area contributed by atoms with E-state index in [0.717, 1.165) is 0 Å². The van der Waals surface area contributed by atoms with Crippen molar-refractivity contribution in [2.75, 3.05) is 12.4 Å². The lowest BCUT2D eigenvalue weighted by molar-refractivity contribution is -0.118. The van der Waals surface area contributed by atoms with E-state index < -0.39 is 6.04 Å². The molecule has 2 aromatic carbocycles. The summed E-state index contributed by atoms with van der Waals surface area (Å²) < 4.78 is 5.08. The summed E-state index contributed by atoms with van der Waals surface area (Å²) in [6.45, 7) is 3.74. The number of ether oxygens (including phenoxy) is 1. The molecule has 0 aromatic heterocycles. The minimum atomic E-state index is -0.673. The van der Waals surface area contributed by atoms with Crippen molar-refractivity contribution in [1.29, 1.82) is 0 Å². The maximum Gasteiger partial charge on any atom is 0.251 e. The summed E-state index contributed by atoms with van der Waals surface area (Å²) in [4.78, 5) is 25.0. The van der Waals surface area contributed by atoms with Gasteiger partial charge < -0.3 is 15.4 Å². The molecule has 1 unspecified atom stereocenters. The number of carbonyl (C=O) groups excluding carboxylic acids is 2. The molecule has 2 N–H and O–H groups in total. The van der Waals surface area contributed by atoms with Gasteiger partial charge in [-0.15, -0.1) is 0 Å². The van der Waals surface area contributed by atoms with Gasteiger partial charge in [-0.2, -0.15) is 0 Å². The fourth-order valence-corrected chi connectivity index (χ4v) is 2.48. The number of amides is 2. The van der Waals surface area contributed by atoms with Crippen LogP contribution in [0, 0.1) is 5.92 Å². The number of methoxy groups -OCH3 is 1. The second kappa shape index (κ2) is 8.53. The number of halogens is 1. The first-order valence-corrected chi connectivity index (χ1v) is 8.30. The van der Waals surface area contributed by atoms with Crippen molar-refractivity contribution in [3.05, 3.63) is 59.1 Å². The Hall–Kier alpha value is -2.53. The number of nitrogens with one attached hydrogen (secondary N) is 2. The van der Waals surface area contributed by atoms with Gasteiger partial charge in [-0.05, 0) is 48.4 Å². The molecule has 2 amide bonds. The number of rotatable bonds is 6. The van der Waals surface area contributed by atoms with Crippen LogP contribution < -0.4 is 15.4 Å². The first kappa shape index (κ1) is 18.8. The van der Waals surface area contributed by atoms with Crippen LogP contribution in [0.15, 0.2) is 48.5 Å². The standard InChI is InChI=1S/C19H21ClN2O3/c1-12(2)17(19(24)21-15-6-4-5-14(20)11-15)22-18(23)13-7-9-16(25-3)10-8-13/h4-12,17H,1-3H3,(H,21,24)(H,22,23). The Labute approximate surface area is 152 Å². The van der Waals surface area contributed by atoms with E-state index in [1.807, 2.05) is 13.8 Å². The zero-order chi connectivity index (χ0) is 18.4. The Morgan fingerprint density at radius 2 is 1.76 bits per heavy atom. The molecule has 0 radical (unpaired) electrons. The molecule has 2 rings (SSSR count). The molecule has 132 valence electrons. The molecule has 0 saturated carbocycles. The summed E-state index contributed by atoms with van der Waals surface area (Å²) in [5.74, 6) is -0.0289. The van der Waals surface area contributed by atoms with Crippen LogP contribution in [0.2, 0.25) is 5.02 Å². The summed E-state index contributed by atoms with van der Waals surface area (Å²) >= 11 is 5.93. The van der Waals surface area contributed by atoms with Crippen LogP contribution in [0.25, 0.3) is 0 Å². The van der Waals surface area contributed by atoms with E-state index in [0.29, 0.717) is 22.0 Å². The Bertz CT molecular complexity index is 745. The minimum absolute atomic E-state index is 0.0821. The molecule has 0 aliphatic carbocycles. The Balaban J connectivity index is 2.08. The second-order valence-corrected chi connectivity index (χ2v) is 6.36. The predicted molar refractivity (Wildman–Crippen MR) is 99.2 cm³/mol. The summed E-state index contributed by atoms with van der Waals surface area (Å²) in [6.07, 6.45) is 0. The average Bonchev–Trinajstić information content (AvgIpc) is 2.59. The van der Waals surface area contributed by atoms with E-state index in [1.165, 1.54) is 0 Å². The maximum atomic E-state index is 12.5. The van der Waals surface area contributed by atoms with Crippen molar-refractivity contribution in [3.63, 3.8) is 0 Å². The predicted octanol–water partition coefficient (Wildman–Crippen LogP) is 3.74. The molecular weight excluding hydrogens is 340 g/mol. The number of anilines is 1. The van der Waals surface area contributed by atoms with E-state index >= 15 is 0 Å². The van der Waals surface area contributed by atoms with Gasteiger partial charge in [0.05, 0.1) is 7.11 Å². The molecule has 0 aliphatic rings. The molecule has 0 heterocycles. The van der Waals surface area contributed by atoms with Crippen LogP contribution in [0.4, 0.5) is 5.69 Å². The topological polar surface area (TPSA) is 67.4 Å². The molecule has 5 nitrogen and oxygen atoms in total. The molecule has 2 aromatic rings. The number of hydrogen-bond acceptors (Lipinski definition) is 3. The highest BCUT2D eigenvalue weighted by atomic mass is 35.5. The SMILES string of the molecule is COc1ccc(C(=O)NC(C(=O)Nc2cccc(Cl)c2)C(C)C)cc1. The van der Waals surface area contributed by atoms with E-state index in [4.69, 9.17) is 16.3 Å². The lowest BCUT2D eigenvalue weighted by Crippen LogP contribution is -2.47. The van der Waals surface area contributed by atoms with Crippen LogP contribution in [0.1, 0.15) is 24.2 Å². The molecule has 0 bridgehead atoms. The third-order valence-corrected chi connectivity index (χ3v) is 3.92. The summed E-state index contributed by atoms with van der Waals surface area (Å²) in [5, 5.41) is 6.09. The molecular formula is C19H21ClN2O3. The van der Waals surface area contributed by atoms with Crippen molar-refractivity contribution in [2.45, 2.75) is 19.9 Å². The maximum absolute atomic E-state index is 12.5. The van der Waals surface area contributed by atoms with Gasteiger partial charge in [0.25, 0.3) is 5.91 Å². The van der Waals surface area contributed by atoms with Crippen molar-refractivity contribution < 1.29 is 14.3 Å². The third kappa shape index (κ3) is 5.22. The zero-order valence-electron chi connectivity index (χ0n) is 14.4. The molecule has 6 heteroatoms. The monoisotopic (exact) mass is 360 g/mol. The smallest absolute Gasteiger partial charge is 0.251 e. The lowest BCUT2D eigenvalue weighted by Gasteiger charge is -2.22. The molecule has 1 atom stereocenters. The van der Waals surface area contributed by atoms with Crippen molar-refractivity contribution in [3.8, 4) is 5.75 Å². The van der Waals surface area contributed by atoms with Gasteiger partial charge >= 0.3 is 0 Å². The highest BCUT2D eigenvalue weighted by Gasteiger charge is 2.24. The fraction of sp³-hybridized carbons (Fsp3) is 0.263. The van der Waals surface area contributed by atoms with Gasteiger partial charge in [0.15, 0.2) is 0 Å². The quantitative estimate of drug-likeness (QED) is 0.824. The van der Waals surface area contributed by atoms with E-state index in [2.05, 4.69) is 10.6 Å². The van der Waals surface area contributed by atoms with Gasteiger partial charge in [-0.3, -0.25) is 9.59 Å². The highest BCUT2D eigenvalue weighted by molar-refractivity contribution is 6.30. The third-order valence-electron chi connectivity index (χ3n) is 3.68. The van der Waals surface area contributed by atoms with Crippen molar-refractivity contribution >= 4 is 29.1 Å². The average molecular weight is 361 g/mol. The largest absolute Gasteiger partial charge is 0.497 e. The molecule has 0 fully saturated rings. The molecule has 0 saturated heterocycles. The van der Waals surface area contributed by atoms with Crippen LogP contribution in [-0.4, -0.2) is 25.0 Å². The van der Waals surface area contributed by atoms with Crippen LogP contribution in [-0.2, 0) is 4.79 Å². The number of benzene rings is 2. The van der Waals surface area contributed by atoms with Crippen molar-refractivity contribution in [2.24, 2.45) is 5.92 Å². The Morgan fingerprint density at radius 1 is 1.08 bits per heavy atom. The molecule has 0 aliphatic heterocycles. The van der Waals surface area contributed by atoms with E-state index in [-0.39, 0.29) is 17.7 Å². The summed E-state index contributed by atoms with van der Waals surface area (Å²) in [7, 11) is 1.56. The van der Waals surface area contributed by atoms with E-state index in [1.54, 1.807) is 55.6 Å². The first-order chi connectivity index (χ1) is 11.9. The van der Waals surface area contributed by atoms with Crippen molar-refractivity contribution in [1.82, 2.24) is 5.32 Å². The van der Waals surface area contributed by atoms with Crippen LogP contribution in [0.5, 0.6) is 5.75 Å².